The fraction of sp³-hybridized carbons (Fsp3) is 0.904. The molecule has 0 aliphatic heterocycles. The molecule has 0 bridgehead atoms. The third-order valence-corrected chi connectivity index (χ3v) is 15.9. The maximum atomic E-state index is 13.9. The molecule has 2 N–H and O–H groups in total. The minimum atomic E-state index is -0.505. The van der Waals surface area contributed by atoms with Gasteiger partial charge in [-0.3, -0.25) is 0 Å². The second kappa shape index (κ2) is 22.9. The number of unbranched alkanes of at least 4 members (excludes halogenated alkanes) is 6. The van der Waals surface area contributed by atoms with E-state index in [0.717, 1.165) is 112 Å². The monoisotopic (exact) mass is 856 g/mol. The molecule has 0 unspecified atom stereocenters. The predicted molar refractivity (Wildman–Crippen MR) is 249 cm³/mol. The van der Waals surface area contributed by atoms with Gasteiger partial charge in [-0.15, -0.1) is 0 Å². The van der Waals surface area contributed by atoms with Crippen LogP contribution < -0.4 is 10.6 Å². The van der Waals surface area contributed by atoms with E-state index < -0.39 is 11.2 Å². The Kier molecular flexibility index (Phi) is 19.3. The van der Waals surface area contributed by atoms with Gasteiger partial charge in [0.2, 0.25) is 0 Å². The van der Waals surface area contributed by atoms with Crippen LogP contribution in [0.4, 0.5) is 14.4 Å². The minimum absolute atomic E-state index is 0.0629. The molecule has 3 amide bonds. The molecule has 352 valence electrons. The SMILES string of the molecule is CC[C@H](CC[C@@H](C)[C@H]1CC[C@H]2[C@@H]3CC=C4C[C@@H](OC(=O)N(CCCCCCNC(=O)OC(C)(C)C)CCCCCCNC(=O)OC(C)(C)C)CC[C@]4(C)[C@H]3CC[C@]12C)C(C)C. The summed E-state index contributed by atoms with van der Waals surface area (Å²) >= 11 is 0. The second-order valence-electron chi connectivity index (χ2n) is 22.9. The molecule has 61 heavy (non-hydrogen) atoms. The first-order chi connectivity index (χ1) is 28.7. The van der Waals surface area contributed by atoms with Crippen molar-refractivity contribution in [3.8, 4) is 0 Å². The Labute approximate surface area is 373 Å². The van der Waals surface area contributed by atoms with Crippen LogP contribution in [-0.4, -0.2) is 66.7 Å². The van der Waals surface area contributed by atoms with Gasteiger partial charge in [-0.1, -0.05) is 91.7 Å². The number of allylic oxidation sites excluding steroid dienone is 1. The van der Waals surface area contributed by atoms with Crippen LogP contribution in [-0.2, 0) is 14.2 Å². The van der Waals surface area contributed by atoms with Gasteiger partial charge in [0.25, 0.3) is 0 Å². The highest BCUT2D eigenvalue weighted by atomic mass is 16.6. The lowest BCUT2D eigenvalue weighted by Gasteiger charge is -2.58. The number of fused-ring (bicyclic) bond motifs is 5. The molecular weight excluding hydrogens is 763 g/mol. The molecule has 0 radical (unpaired) electrons. The maximum Gasteiger partial charge on any atom is 0.410 e. The summed E-state index contributed by atoms with van der Waals surface area (Å²) in [6.07, 6.45) is 22.9. The van der Waals surface area contributed by atoms with E-state index in [-0.39, 0.29) is 29.8 Å². The maximum absolute atomic E-state index is 13.9. The molecule has 0 aromatic carbocycles. The number of nitrogens with zero attached hydrogens (tertiary/aromatic N) is 1. The number of rotatable bonds is 21. The Balaban J connectivity index is 1.29. The highest BCUT2D eigenvalue weighted by molar-refractivity contribution is 5.68. The molecule has 3 fully saturated rings. The third-order valence-electron chi connectivity index (χ3n) is 15.9. The van der Waals surface area contributed by atoms with Gasteiger partial charge in [-0.2, -0.15) is 0 Å². The van der Waals surface area contributed by atoms with Crippen molar-refractivity contribution in [3.05, 3.63) is 11.6 Å². The highest BCUT2D eigenvalue weighted by Crippen LogP contribution is 2.67. The summed E-state index contributed by atoms with van der Waals surface area (Å²) in [7, 11) is 0. The van der Waals surface area contributed by atoms with Crippen molar-refractivity contribution in [2.75, 3.05) is 26.2 Å². The minimum Gasteiger partial charge on any atom is -0.446 e. The summed E-state index contributed by atoms with van der Waals surface area (Å²) in [6.45, 7) is 28.8. The van der Waals surface area contributed by atoms with Gasteiger partial charge < -0.3 is 29.7 Å². The van der Waals surface area contributed by atoms with Gasteiger partial charge in [0.15, 0.2) is 0 Å². The zero-order valence-corrected chi connectivity index (χ0v) is 41.4. The van der Waals surface area contributed by atoms with Gasteiger partial charge in [0.05, 0.1) is 0 Å². The molecule has 9 atom stereocenters. The number of amides is 3. The van der Waals surface area contributed by atoms with E-state index in [4.69, 9.17) is 14.2 Å². The summed E-state index contributed by atoms with van der Waals surface area (Å²) in [5.41, 5.74) is 1.25. The van der Waals surface area contributed by atoms with Crippen molar-refractivity contribution in [2.24, 2.45) is 52.3 Å². The average Bonchev–Trinajstić information content (AvgIpc) is 3.52. The second-order valence-corrected chi connectivity index (χ2v) is 22.9. The molecule has 0 saturated heterocycles. The Hall–Kier alpha value is -2.45. The number of nitrogens with one attached hydrogen (secondary N) is 2. The van der Waals surface area contributed by atoms with E-state index in [2.05, 4.69) is 58.3 Å². The number of alkyl carbamates (subject to hydrolysis) is 2. The van der Waals surface area contributed by atoms with Crippen LogP contribution in [0.5, 0.6) is 0 Å². The Bertz CT molecular complexity index is 1370. The van der Waals surface area contributed by atoms with Crippen LogP contribution in [0.2, 0.25) is 0 Å². The van der Waals surface area contributed by atoms with Crippen molar-refractivity contribution in [1.82, 2.24) is 15.5 Å². The quantitative estimate of drug-likeness (QED) is 0.0677. The molecule has 9 heteroatoms. The van der Waals surface area contributed by atoms with Crippen LogP contribution in [0.3, 0.4) is 0 Å². The smallest absolute Gasteiger partial charge is 0.410 e. The fourth-order valence-electron chi connectivity index (χ4n) is 12.5. The molecule has 9 nitrogen and oxygen atoms in total. The van der Waals surface area contributed by atoms with Crippen LogP contribution in [0.25, 0.3) is 0 Å². The average molecular weight is 856 g/mol. The van der Waals surface area contributed by atoms with E-state index in [9.17, 15) is 14.4 Å². The molecule has 0 aromatic rings. The van der Waals surface area contributed by atoms with Crippen molar-refractivity contribution in [3.63, 3.8) is 0 Å². The lowest BCUT2D eigenvalue weighted by molar-refractivity contribution is -0.0595. The molecule has 3 saturated carbocycles. The molecule has 0 heterocycles. The van der Waals surface area contributed by atoms with Crippen molar-refractivity contribution >= 4 is 18.3 Å². The third kappa shape index (κ3) is 15.1. The van der Waals surface area contributed by atoms with Gasteiger partial charge in [-0.05, 0) is 171 Å². The summed E-state index contributed by atoms with van der Waals surface area (Å²) in [5.74, 6) is 5.70. The van der Waals surface area contributed by atoms with E-state index in [1.54, 1.807) is 5.57 Å². The Morgan fingerprint density at radius 2 is 1.33 bits per heavy atom. The largest absolute Gasteiger partial charge is 0.446 e. The van der Waals surface area contributed by atoms with E-state index in [0.29, 0.717) is 31.6 Å². The number of hydrogen-bond acceptors (Lipinski definition) is 6. The summed E-state index contributed by atoms with van der Waals surface area (Å²) in [4.78, 5) is 39.9. The normalized spacial score (nSPS) is 28.4. The Morgan fingerprint density at radius 3 is 1.87 bits per heavy atom. The number of hydrogen-bond donors (Lipinski definition) is 2. The molecular formula is C52H93N3O6. The Morgan fingerprint density at radius 1 is 0.754 bits per heavy atom. The molecule has 4 rings (SSSR count). The molecule has 4 aliphatic rings. The van der Waals surface area contributed by atoms with E-state index in [1.807, 2.05) is 46.4 Å². The van der Waals surface area contributed by atoms with Gasteiger partial charge in [-0.25, -0.2) is 14.4 Å². The lowest BCUT2D eigenvalue weighted by Crippen LogP contribution is -2.51. The first kappa shape index (κ1) is 51.2. The fourth-order valence-corrected chi connectivity index (χ4v) is 12.5. The summed E-state index contributed by atoms with van der Waals surface area (Å²) in [5, 5.41) is 5.71. The van der Waals surface area contributed by atoms with Crippen LogP contribution >= 0.6 is 0 Å². The van der Waals surface area contributed by atoms with Gasteiger partial charge in [0.1, 0.15) is 17.3 Å². The number of carbonyl (C=O) groups is 3. The van der Waals surface area contributed by atoms with E-state index in [1.165, 1.54) is 51.4 Å². The molecule has 0 spiro atoms. The predicted octanol–water partition coefficient (Wildman–Crippen LogP) is 13.6. The zero-order valence-electron chi connectivity index (χ0n) is 41.4. The van der Waals surface area contributed by atoms with Crippen LogP contribution in [0.15, 0.2) is 11.6 Å². The standard InChI is InChI=1S/C52H93N3O6/c1-13-39(37(2)3)23-22-38(4)43-26-27-44-42-25-24-40-36-41(28-30-51(40,11)45(42)29-31-52(43,44)12)59-48(58)55(34-20-16-14-18-32-53-46(56)60-49(5,6)7)35-21-17-15-19-33-54-47(57)61-50(8,9)10/h24,37-39,41-45H,13-23,25-36H2,1-12H3,(H,53,56)(H,54,57)/t38-,39-,41+,42+,43-,44+,45+,51+,52-/m1/s1. The van der Waals surface area contributed by atoms with Crippen LogP contribution in [0.1, 0.15) is 205 Å². The first-order valence-electron chi connectivity index (χ1n) is 25.3. The van der Waals surface area contributed by atoms with Crippen LogP contribution in [0, 0.1) is 52.3 Å². The highest BCUT2D eigenvalue weighted by Gasteiger charge is 2.59. The van der Waals surface area contributed by atoms with E-state index >= 15 is 0 Å². The van der Waals surface area contributed by atoms with Crippen molar-refractivity contribution in [2.45, 2.75) is 222 Å². The number of carbonyl (C=O) groups excluding carboxylic acids is 3. The first-order valence-corrected chi connectivity index (χ1v) is 25.3. The van der Waals surface area contributed by atoms with Crippen molar-refractivity contribution < 1.29 is 28.6 Å². The molecule has 0 aromatic heterocycles. The topological polar surface area (TPSA) is 106 Å². The number of ether oxygens (including phenoxy) is 3. The lowest BCUT2D eigenvalue weighted by atomic mass is 9.47. The van der Waals surface area contributed by atoms with Gasteiger partial charge >= 0.3 is 18.3 Å². The van der Waals surface area contributed by atoms with Gasteiger partial charge in [0, 0.05) is 32.6 Å². The van der Waals surface area contributed by atoms with Crippen molar-refractivity contribution in [1.29, 1.82) is 0 Å². The zero-order chi connectivity index (χ0) is 45.0. The summed E-state index contributed by atoms with van der Waals surface area (Å²) in [6, 6.07) is 0. The molecule has 4 aliphatic carbocycles. The summed E-state index contributed by atoms with van der Waals surface area (Å²) < 4.78 is 17.1.